The Balaban J connectivity index is 1.52. The first-order chi connectivity index (χ1) is 10.8. The van der Waals surface area contributed by atoms with Crippen LogP contribution in [0.25, 0.3) is 0 Å². The van der Waals surface area contributed by atoms with Gasteiger partial charge in [-0.05, 0) is 37.1 Å². The van der Waals surface area contributed by atoms with E-state index in [4.69, 9.17) is 9.47 Å². The first-order valence-corrected chi connectivity index (χ1v) is 8.28. The first-order valence-electron chi connectivity index (χ1n) is 8.28. The molecule has 2 aliphatic heterocycles. The lowest BCUT2D eigenvalue weighted by Crippen LogP contribution is -2.45. The van der Waals surface area contributed by atoms with E-state index in [0.29, 0.717) is 13.2 Å². The number of ether oxygens (including phenoxy) is 2. The molecule has 0 amide bonds. The topological polar surface area (TPSA) is 33.7 Å². The Morgan fingerprint density at radius 2 is 2.00 bits per heavy atom. The SMILES string of the molecule is Fc1ccc2c(c1)CC(CCN1CCNCC1)C21OCCO1. The molecule has 1 N–H and O–H groups in total. The van der Waals surface area contributed by atoms with Crippen LogP contribution in [-0.4, -0.2) is 50.8 Å². The molecule has 0 radical (unpaired) electrons. The highest BCUT2D eigenvalue weighted by Crippen LogP contribution is 2.49. The Morgan fingerprint density at radius 1 is 1.23 bits per heavy atom. The van der Waals surface area contributed by atoms with Crippen LogP contribution in [0.5, 0.6) is 0 Å². The van der Waals surface area contributed by atoms with Crippen LogP contribution in [0.4, 0.5) is 4.39 Å². The zero-order chi connectivity index (χ0) is 15.0. The summed E-state index contributed by atoms with van der Waals surface area (Å²) in [6.45, 7) is 6.63. The normalized spacial score (nSPS) is 27.4. The van der Waals surface area contributed by atoms with E-state index in [0.717, 1.165) is 56.7 Å². The maximum Gasteiger partial charge on any atom is 0.198 e. The second-order valence-electron chi connectivity index (χ2n) is 6.45. The highest BCUT2D eigenvalue weighted by atomic mass is 19.1. The number of piperazine rings is 1. The van der Waals surface area contributed by atoms with Gasteiger partial charge in [-0.15, -0.1) is 0 Å². The number of fused-ring (bicyclic) bond motifs is 2. The fourth-order valence-electron chi connectivity index (χ4n) is 4.08. The van der Waals surface area contributed by atoms with E-state index in [9.17, 15) is 4.39 Å². The summed E-state index contributed by atoms with van der Waals surface area (Å²) >= 11 is 0. The molecule has 1 aromatic carbocycles. The van der Waals surface area contributed by atoms with Gasteiger partial charge in [0.15, 0.2) is 5.79 Å². The number of hydrogen-bond acceptors (Lipinski definition) is 4. The standard InChI is InChI=1S/C17H23FN2O2/c18-15-1-2-16-13(12-15)11-14(17(16)21-9-10-22-17)3-6-20-7-4-19-5-8-20/h1-2,12,14,19H,3-11H2. The summed E-state index contributed by atoms with van der Waals surface area (Å²) in [6.07, 6.45) is 1.87. The largest absolute Gasteiger partial charge is 0.343 e. The second-order valence-corrected chi connectivity index (χ2v) is 6.45. The van der Waals surface area contributed by atoms with Gasteiger partial charge in [0.25, 0.3) is 0 Å². The highest BCUT2D eigenvalue weighted by molar-refractivity contribution is 5.38. The summed E-state index contributed by atoms with van der Waals surface area (Å²) in [7, 11) is 0. The van der Waals surface area contributed by atoms with E-state index in [1.807, 2.05) is 6.07 Å². The minimum absolute atomic E-state index is 0.172. The molecule has 0 aromatic heterocycles. The quantitative estimate of drug-likeness (QED) is 0.917. The van der Waals surface area contributed by atoms with Gasteiger partial charge in [-0.25, -0.2) is 4.39 Å². The van der Waals surface area contributed by atoms with Crippen LogP contribution in [0.15, 0.2) is 18.2 Å². The van der Waals surface area contributed by atoms with Crippen molar-refractivity contribution < 1.29 is 13.9 Å². The zero-order valence-electron chi connectivity index (χ0n) is 12.8. The van der Waals surface area contributed by atoms with Gasteiger partial charge in [0.05, 0.1) is 13.2 Å². The third-order valence-electron chi connectivity index (χ3n) is 5.17. The van der Waals surface area contributed by atoms with Crippen LogP contribution in [0, 0.1) is 11.7 Å². The molecule has 0 bridgehead atoms. The number of rotatable bonds is 3. The number of hydrogen-bond donors (Lipinski definition) is 1. The smallest absolute Gasteiger partial charge is 0.198 e. The van der Waals surface area contributed by atoms with Gasteiger partial charge < -0.3 is 19.7 Å². The lowest BCUT2D eigenvalue weighted by atomic mass is 9.95. The zero-order valence-corrected chi connectivity index (χ0v) is 12.8. The van der Waals surface area contributed by atoms with Gasteiger partial charge >= 0.3 is 0 Å². The van der Waals surface area contributed by atoms with Crippen LogP contribution in [-0.2, 0) is 21.7 Å². The summed E-state index contributed by atoms with van der Waals surface area (Å²) in [5.74, 6) is -0.520. The third-order valence-corrected chi connectivity index (χ3v) is 5.17. The van der Waals surface area contributed by atoms with Crippen molar-refractivity contribution in [3.8, 4) is 0 Å². The Bertz CT molecular complexity index is 539. The van der Waals surface area contributed by atoms with E-state index in [1.165, 1.54) is 6.07 Å². The minimum Gasteiger partial charge on any atom is -0.343 e. The molecule has 2 fully saturated rings. The fourth-order valence-corrected chi connectivity index (χ4v) is 4.08. The first kappa shape index (κ1) is 14.6. The highest BCUT2D eigenvalue weighted by Gasteiger charge is 2.51. The van der Waals surface area contributed by atoms with E-state index in [1.54, 1.807) is 6.07 Å². The molecule has 22 heavy (non-hydrogen) atoms. The fraction of sp³-hybridized carbons (Fsp3) is 0.647. The monoisotopic (exact) mass is 306 g/mol. The van der Waals surface area contributed by atoms with Crippen molar-refractivity contribution in [1.29, 1.82) is 0 Å². The summed E-state index contributed by atoms with van der Waals surface area (Å²) < 4.78 is 25.6. The third kappa shape index (κ3) is 2.46. The van der Waals surface area contributed by atoms with Crippen molar-refractivity contribution in [1.82, 2.24) is 10.2 Å². The number of halogens is 1. The second kappa shape index (κ2) is 5.89. The average molecular weight is 306 g/mol. The Labute approximate surface area is 130 Å². The van der Waals surface area contributed by atoms with Crippen molar-refractivity contribution in [3.05, 3.63) is 35.1 Å². The van der Waals surface area contributed by atoms with Crippen molar-refractivity contribution in [3.63, 3.8) is 0 Å². The van der Waals surface area contributed by atoms with Crippen molar-refractivity contribution in [2.24, 2.45) is 5.92 Å². The van der Waals surface area contributed by atoms with Crippen LogP contribution in [0.1, 0.15) is 17.5 Å². The van der Waals surface area contributed by atoms with Crippen molar-refractivity contribution in [2.45, 2.75) is 18.6 Å². The van der Waals surface area contributed by atoms with Gasteiger partial charge in [-0.3, -0.25) is 0 Å². The van der Waals surface area contributed by atoms with Gasteiger partial charge in [-0.1, -0.05) is 6.07 Å². The summed E-state index contributed by atoms with van der Waals surface area (Å²) in [6, 6.07) is 5.01. The predicted octanol–water partition coefficient (Wildman–Crippen LogP) is 1.49. The molecule has 2 heterocycles. The minimum atomic E-state index is -0.628. The van der Waals surface area contributed by atoms with E-state index >= 15 is 0 Å². The molecular formula is C17H23FN2O2. The molecule has 1 atom stereocenters. The summed E-state index contributed by atoms with van der Waals surface area (Å²) in [5, 5.41) is 3.38. The van der Waals surface area contributed by atoms with Gasteiger partial charge in [0.1, 0.15) is 5.82 Å². The van der Waals surface area contributed by atoms with Crippen molar-refractivity contribution >= 4 is 0 Å². The molecule has 120 valence electrons. The number of nitrogens with one attached hydrogen (secondary N) is 1. The molecule has 5 heteroatoms. The molecule has 0 saturated carbocycles. The Hall–Kier alpha value is -1.01. The van der Waals surface area contributed by atoms with Crippen LogP contribution < -0.4 is 5.32 Å². The van der Waals surface area contributed by atoms with Gasteiger partial charge in [-0.2, -0.15) is 0 Å². The lowest BCUT2D eigenvalue weighted by Gasteiger charge is -2.33. The average Bonchev–Trinajstić information content (AvgIpc) is 3.13. The summed E-state index contributed by atoms with van der Waals surface area (Å²) in [4.78, 5) is 2.49. The Morgan fingerprint density at radius 3 is 2.77 bits per heavy atom. The molecule has 1 aliphatic carbocycles. The van der Waals surface area contributed by atoms with Crippen LogP contribution >= 0.6 is 0 Å². The van der Waals surface area contributed by atoms with E-state index in [2.05, 4.69) is 10.2 Å². The molecule has 2 saturated heterocycles. The van der Waals surface area contributed by atoms with Crippen LogP contribution in [0.3, 0.4) is 0 Å². The molecular weight excluding hydrogens is 283 g/mol. The molecule has 3 aliphatic rings. The van der Waals surface area contributed by atoms with Gasteiger partial charge in [0, 0.05) is 37.7 Å². The Kier molecular flexibility index (Phi) is 3.90. The lowest BCUT2D eigenvalue weighted by molar-refractivity contribution is -0.198. The van der Waals surface area contributed by atoms with Crippen molar-refractivity contribution in [2.75, 3.05) is 45.9 Å². The maximum absolute atomic E-state index is 13.5. The molecule has 4 rings (SSSR count). The molecule has 1 spiro atoms. The molecule has 1 aromatic rings. The van der Waals surface area contributed by atoms with E-state index < -0.39 is 5.79 Å². The molecule has 4 nitrogen and oxygen atoms in total. The molecule has 1 unspecified atom stereocenters. The van der Waals surface area contributed by atoms with Gasteiger partial charge in [0.2, 0.25) is 0 Å². The number of nitrogens with zero attached hydrogens (tertiary/aromatic N) is 1. The summed E-state index contributed by atoms with van der Waals surface area (Å²) in [5.41, 5.74) is 2.09. The maximum atomic E-state index is 13.5. The predicted molar refractivity (Wildman–Crippen MR) is 81.1 cm³/mol. The van der Waals surface area contributed by atoms with Crippen LogP contribution in [0.2, 0.25) is 0 Å². The number of benzene rings is 1. The van der Waals surface area contributed by atoms with E-state index in [-0.39, 0.29) is 11.7 Å².